The highest BCUT2D eigenvalue weighted by Crippen LogP contribution is 2.12. The Balaban J connectivity index is 2.21. The molecule has 0 bridgehead atoms. The zero-order valence-corrected chi connectivity index (χ0v) is 11.5. The summed E-state index contributed by atoms with van der Waals surface area (Å²) in [7, 11) is 0. The first-order valence-electron chi connectivity index (χ1n) is 6.32. The lowest BCUT2D eigenvalue weighted by Gasteiger charge is -2.06. The molecule has 1 aromatic heterocycles. The number of rotatable bonds is 2. The lowest BCUT2D eigenvalue weighted by atomic mass is 10.0. The summed E-state index contributed by atoms with van der Waals surface area (Å²) >= 11 is 0. The fourth-order valence-corrected chi connectivity index (χ4v) is 1.68. The van der Waals surface area contributed by atoms with Crippen molar-refractivity contribution < 1.29 is 9.18 Å². The molecule has 106 valence electrons. The number of carbonyl (C=O) groups excluding carboxylic acids is 1. The van der Waals surface area contributed by atoms with Gasteiger partial charge < -0.3 is 11.1 Å². The van der Waals surface area contributed by atoms with Crippen LogP contribution in [0.15, 0.2) is 36.5 Å². The van der Waals surface area contributed by atoms with E-state index in [1.54, 1.807) is 12.1 Å². The second kappa shape index (κ2) is 6.64. The average Bonchev–Trinajstić information content (AvgIpc) is 2.48. The maximum Gasteiger partial charge on any atom is 0.256 e. The molecule has 0 aliphatic carbocycles. The van der Waals surface area contributed by atoms with Crippen molar-refractivity contribution in [1.82, 2.24) is 4.98 Å². The third-order valence-electron chi connectivity index (χ3n) is 2.79. The SMILES string of the molecule is Cc1ccc(C(=O)Nc2ccc(F)cn2)cc1C#CCN. The molecule has 0 unspecified atom stereocenters. The summed E-state index contributed by atoms with van der Waals surface area (Å²) in [5.74, 6) is 5.18. The van der Waals surface area contributed by atoms with Crippen LogP contribution >= 0.6 is 0 Å². The summed E-state index contributed by atoms with van der Waals surface area (Å²) < 4.78 is 12.8. The molecule has 0 atom stereocenters. The summed E-state index contributed by atoms with van der Waals surface area (Å²) in [6.07, 6.45) is 1.04. The Morgan fingerprint density at radius 2 is 2.19 bits per heavy atom. The lowest BCUT2D eigenvalue weighted by Crippen LogP contribution is -2.13. The number of amides is 1. The summed E-state index contributed by atoms with van der Waals surface area (Å²) in [6.45, 7) is 2.17. The summed E-state index contributed by atoms with van der Waals surface area (Å²) in [4.78, 5) is 15.9. The first kappa shape index (κ1) is 14.7. The molecule has 4 nitrogen and oxygen atoms in total. The predicted octanol–water partition coefficient (Wildman–Crippen LogP) is 2.09. The Bertz CT molecular complexity index is 715. The van der Waals surface area contributed by atoms with Crippen molar-refractivity contribution >= 4 is 11.7 Å². The first-order valence-corrected chi connectivity index (χ1v) is 6.32. The van der Waals surface area contributed by atoms with Crippen LogP contribution in [0.5, 0.6) is 0 Å². The van der Waals surface area contributed by atoms with Gasteiger partial charge in [0.1, 0.15) is 11.6 Å². The van der Waals surface area contributed by atoms with Crippen molar-refractivity contribution in [3.05, 3.63) is 59.0 Å². The van der Waals surface area contributed by atoms with E-state index in [0.29, 0.717) is 5.56 Å². The van der Waals surface area contributed by atoms with Gasteiger partial charge in [0.15, 0.2) is 0 Å². The van der Waals surface area contributed by atoms with Gasteiger partial charge in [0.2, 0.25) is 0 Å². The minimum atomic E-state index is -0.456. The highest BCUT2D eigenvalue weighted by molar-refractivity contribution is 6.04. The zero-order chi connectivity index (χ0) is 15.2. The van der Waals surface area contributed by atoms with Crippen molar-refractivity contribution in [2.75, 3.05) is 11.9 Å². The van der Waals surface area contributed by atoms with E-state index in [1.807, 2.05) is 13.0 Å². The van der Waals surface area contributed by atoms with Gasteiger partial charge in [-0.15, -0.1) is 0 Å². The molecule has 1 aromatic carbocycles. The number of hydrogen-bond donors (Lipinski definition) is 2. The third kappa shape index (κ3) is 3.88. The van der Waals surface area contributed by atoms with Gasteiger partial charge in [-0.1, -0.05) is 17.9 Å². The second-order valence-electron chi connectivity index (χ2n) is 4.35. The number of nitrogens with zero attached hydrogens (tertiary/aromatic N) is 1. The topological polar surface area (TPSA) is 68.0 Å². The van der Waals surface area contributed by atoms with Crippen LogP contribution < -0.4 is 11.1 Å². The summed E-state index contributed by atoms with van der Waals surface area (Å²) in [5.41, 5.74) is 7.51. The van der Waals surface area contributed by atoms with Crippen LogP contribution in [0.4, 0.5) is 10.2 Å². The molecule has 0 radical (unpaired) electrons. The van der Waals surface area contributed by atoms with E-state index in [4.69, 9.17) is 5.73 Å². The molecule has 1 amide bonds. The number of aryl methyl sites for hydroxylation is 1. The molecule has 21 heavy (non-hydrogen) atoms. The average molecular weight is 283 g/mol. The first-order chi connectivity index (χ1) is 10.1. The molecule has 5 heteroatoms. The van der Waals surface area contributed by atoms with Crippen LogP contribution in [0.25, 0.3) is 0 Å². The lowest BCUT2D eigenvalue weighted by molar-refractivity contribution is 0.102. The molecule has 0 saturated heterocycles. The molecular weight excluding hydrogens is 269 g/mol. The number of nitrogens with two attached hydrogens (primary N) is 1. The molecular formula is C16H14FN3O. The van der Waals surface area contributed by atoms with Crippen molar-refractivity contribution in [1.29, 1.82) is 0 Å². The van der Waals surface area contributed by atoms with E-state index in [2.05, 4.69) is 22.1 Å². The zero-order valence-electron chi connectivity index (χ0n) is 11.5. The molecule has 0 fully saturated rings. The van der Waals surface area contributed by atoms with Gasteiger partial charge in [-0.25, -0.2) is 9.37 Å². The van der Waals surface area contributed by atoms with E-state index < -0.39 is 5.82 Å². The number of nitrogens with one attached hydrogen (secondary N) is 1. The van der Waals surface area contributed by atoms with Crippen LogP contribution in [-0.2, 0) is 0 Å². The molecule has 1 heterocycles. The molecule has 0 saturated carbocycles. The standard InChI is InChI=1S/C16H14FN3O/c1-11-4-5-13(9-12(11)3-2-8-18)16(21)20-15-7-6-14(17)10-19-15/h4-7,9-10H,8,18H2,1H3,(H,19,20,21). The maximum atomic E-state index is 12.8. The second-order valence-corrected chi connectivity index (χ2v) is 4.35. The van der Waals surface area contributed by atoms with Gasteiger partial charge >= 0.3 is 0 Å². The van der Waals surface area contributed by atoms with Gasteiger partial charge in [0, 0.05) is 11.1 Å². The number of carbonyl (C=O) groups is 1. The monoisotopic (exact) mass is 283 g/mol. The highest BCUT2D eigenvalue weighted by Gasteiger charge is 2.08. The normalized spacial score (nSPS) is 9.67. The number of hydrogen-bond acceptors (Lipinski definition) is 3. The Morgan fingerprint density at radius 1 is 1.38 bits per heavy atom. The molecule has 3 N–H and O–H groups in total. The molecule has 0 aliphatic heterocycles. The Labute approximate surface area is 122 Å². The van der Waals surface area contributed by atoms with Crippen molar-refractivity contribution in [2.45, 2.75) is 6.92 Å². The largest absolute Gasteiger partial charge is 0.320 e. The predicted molar refractivity (Wildman–Crippen MR) is 79.3 cm³/mol. The van der Waals surface area contributed by atoms with Gasteiger partial charge in [0.05, 0.1) is 12.7 Å². The van der Waals surface area contributed by atoms with Gasteiger partial charge in [0.25, 0.3) is 5.91 Å². The van der Waals surface area contributed by atoms with Crippen molar-refractivity contribution in [3.63, 3.8) is 0 Å². The van der Waals surface area contributed by atoms with Crippen LogP contribution in [-0.4, -0.2) is 17.4 Å². The van der Waals surface area contributed by atoms with E-state index in [0.717, 1.165) is 17.3 Å². The fraction of sp³-hybridized carbons (Fsp3) is 0.125. The number of halogens is 1. The smallest absolute Gasteiger partial charge is 0.256 e. The van der Waals surface area contributed by atoms with Crippen LogP contribution in [0.1, 0.15) is 21.5 Å². The van der Waals surface area contributed by atoms with Gasteiger partial charge in [-0.3, -0.25) is 4.79 Å². The minimum absolute atomic E-state index is 0.259. The number of pyridine rings is 1. The van der Waals surface area contributed by atoms with Gasteiger partial charge in [-0.05, 0) is 36.8 Å². The molecule has 2 aromatic rings. The van der Waals surface area contributed by atoms with E-state index in [1.165, 1.54) is 12.1 Å². The summed E-state index contributed by atoms with van der Waals surface area (Å²) in [6, 6.07) is 7.83. The Hall–Kier alpha value is -2.71. The number of aromatic nitrogens is 1. The Kier molecular flexibility index (Phi) is 4.64. The number of benzene rings is 1. The van der Waals surface area contributed by atoms with E-state index >= 15 is 0 Å². The van der Waals surface area contributed by atoms with E-state index in [9.17, 15) is 9.18 Å². The fourth-order valence-electron chi connectivity index (χ4n) is 1.68. The molecule has 2 rings (SSSR count). The summed E-state index contributed by atoms with van der Waals surface area (Å²) in [5, 5.41) is 2.60. The highest BCUT2D eigenvalue weighted by atomic mass is 19.1. The molecule has 0 spiro atoms. The maximum absolute atomic E-state index is 12.8. The third-order valence-corrected chi connectivity index (χ3v) is 2.79. The van der Waals surface area contributed by atoms with Crippen LogP contribution in [0.3, 0.4) is 0 Å². The van der Waals surface area contributed by atoms with E-state index in [-0.39, 0.29) is 18.3 Å². The van der Waals surface area contributed by atoms with Crippen LogP contribution in [0.2, 0.25) is 0 Å². The number of anilines is 1. The minimum Gasteiger partial charge on any atom is -0.320 e. The van der Waals surface area contributed by atoms with Crippen molar-refractivity contribution in [3.8, 4) is 11.8 Å². The Morgan fingerprint density at radius 3 is 2.86 bits per heavy atom. The van der Waals surface area contributed by atoms with Gasteiger partial charge in [-0.2, -0.15) is 0 Å². The van der Waals surface area contributed by atoms with Crippen LogP contribution in [0, 0.1) is 24.6 Å². The van der Waals surface area contributed by atoms with Crippen molar-refractivity contribution in [2.24, 2.45) is 5.73 Å². The quantitative estimate of drug-likeness (QED) is 0.829. The molecule has 0 aliphatic rings.